The third-order valence-electron chi connectivity index (χ3n) is 1.86. The number of halogens is 2. The summed E-state index contributed by atoms with van der Waals surface area (Å²) in [5.41, 5.74) is 1.05. The average molecular weight is 187 g/mol. The number of aldehydes is 1. The molecule has 0 aliphatic carbocycles. The fourth-order valence-corrected chi connectivity index (χ4v) is 1.19. The maximum atomic E-state index is 13.2. The van der Waals surface area contributed by atoms with Crippen molar-refractivity contribution >= 4 is 17.9 Å². The van der Waals surface area contributed by atoms with Gasteiger partial charge in [-0.3, -0.25) is 4.79 Å². The van der Waals surface area contributed by atoms with E-state index < -0.39 is 5.82 Å². The number of carbonyl (C=O) groups is 1. The lowest BCUT2D eigenvalue weighted by Gasteiger charge is -2.05. The van der Waals surface area contributed by atoms with Gasteiger partial charge in [-0.1, -0.05) is 11.6 Å². The van der Waals surface area contributed by atoms with Crippen LogP contribution in [0.15, 0.2) is 6.07 Å². The Hall–Kier alpha value is -0.890. The molecule has 0 radical (unpaired) electrons. The van der Waals surface area contributed by atoms with Crippen LogP contribution in [0.25, 0.3) is 0 Å². The molecule has 64 valence electrons. The van der Waals surface area contributed by atoms with E-state index >= 15 is 0 Å². The van der Waals surface area contributed by atoms with Crippen LogP contribution in [-0.4, -0.2) is 6.29 Å². The van der Waals surface area contributed by atoms with Crippen molar-refractivity contribution in [3.8, 4) is 0 Å². The zero-order valence-corrected chi connectivity index (χ0v) is 7.57. The number of hydrogen-bond acceptors (Lipinski definition) is 1. The third-order valence-corrected chi connectivity index (χ3v) is 2.25. The van der Waals surface area contributed by atoms with Gasteiger partial charge in [-0.2, -0.15) is 0 Å². The highest BCUT2D eigenvalue weighted by molar-refractivity contribution is 6.31. The zero-order chi connectivity index (χ0) is 9.30. The zero-order valence-electron chi connectivity index (χ0n) is 6.82. The summed E-state index contributed by atoms with van der Waals surface area (Å²) < 4.78 is 13.2. The van der Waals surface area contributed by atoms with Gasteiger partial charge in [0.2, 0.25) is 0 Å². The molecule has 0 aromatic heterocycles. The number of benzene rings is 1. The maximum absolute atomic E-state index is 13.2. The van der Waals surface area contributed by atoms with Crippen molar-refractivity contribution < 1.29 is 9.18 Å². The first-order valence-electron chi connectivity index (χ1n) is 3.48. The van der Waals surface area contributed by atoms with Crippen LogP contribution in [0.4, 0.5) is 4.39 Å². The van der Waals surface area contributed by atoms with E-state index in [0.717, 1.165) is 0 Å². The minimum Gasteiger partial charge on any atom is -0.298 e. The summed E-state index contributed by atoms with van der Waals surface area (Å²) in [6.07, 6.45) is 0.601. The molecule has 1 aromatic rings. The van der Waals surface area contributed by atoms with Gasteiger partial charge in [0, 0.05) is 16.1 Å². The Morgan fingerprint density at radius 3 is 2.50 bits per heavy atom. The Morgan fingerprint density at radius 1 is 1.42 bits per heavy atom. The molecule has 1 nitrogen and oxygen atoms in total. The van der Waals surface area contributed by atoms with Crippen LogP contribution in [0.3, 0.4) is 0 Å². The first kappa shape index (κ1) is 9.20. The van der Waals surface area contributed by atoms with Gasteiger partial charge in [0.1, 0.15) is 12.1 Å². The van der Waals surface area contributed by atoms with Gasteiger partial charge in [-0.25, -0.2) is 4.39 Å². The smallest absolute Gasteiger partial charge is 0.150 e. The van der Waals surface area contributed by atoms with E-state index in [-0.39, 0.29) is 0 Å². The molecular weight excluding hydrogens is 179 g/mol. The first-order chi connectivity index (χ1) is 5.57. The second kappa shape index (κ2) is 3.23. The lowest BCUT2D eigenvalue weighted by molar-refractivity contribution is 0.112. The van der Waals surface area contributed by atoms with Crippen molar-refractivity contribution in [3.63, 3.8) is 0 Å². The predicted molar refractivity (Wildman–Crippen MR) is 46.3 cm³/mol. The standard InChI is InChI=1S/C9H8ClFO/c1-5-7(4-12)3-8(10)6(2)9(5)11/h3-4H,1-2H3. The van der Waals surface area contributed by atoms with Crippen LogP contribution in [-0.2, 0) is 0 Å². The minimum absolute atomic E-state index is 0.292. The van der Waals surface area contributed by atoms with Crippen molar-refractivity contribution in [1.82, 2.24) is 0 Å². The van der Waals surface area contributed by atoms with Crippen LogP contribution in [0, 0.1) is 19.7 Å². The molecule has 12 heavy (non-hydrogen) atoms. The van der Waals surface area contributed by atoms with E-state index in [0.29, 0.717) is 28.0 Å². The molecule has 0 aliphatic rings. The molecule has 3 heteroatoms. The van der Waals surface area contributed by atoms with Crippen LogP contribution >= 0.6 is 11.6 Å². The molecule has 0 spiro atoms. The normalized spacial score (nSPS) is 10.0. The largest absolute Gasteiger partial charge is 0.298 e. The second-order valence-electron chi connectivity index (χ2n) is 2.63. The SMILES string of the molecule is Cc1c(Cl)cc(C=O)c(C)c1F. The quantitative estimate of drug-likeness (QED) is 0.617. The Balaban J connectivity index is 3.49. The molecule has 0 N–H and O–H groups in total. The minimum atomic E-state index is -0.399. The molecule has 0 bridgehead atoms. The van der Waals surface area contributed by atoms with Gasteiger partial charge in [0.25, 0.3) is 0 Å². The summed E-state index contributed by atoms with van der Waals surface area (Å²) in [7, 11) is 0. The fourth-order valence-electron chi connectivity index (χ4n) is 0.988. The molecule has 0 atom stereocenters. The number of carbonyl (C=O) groups excluding carboxylic acids is 1. The summed E-state index contributed by atoms with van der Waals surface area (Å²) in [6, 6.07) is 1.47. The summed E-state index contributed by atoms with van der Waals surface area (Å²) in [6.45, 7) is 3.14. The van der Waals surface area contributed by atoms with Crippen molar-refractivity contribution in [1.29, 1.82) is 0 Å². The molecule has 1 rings (SSSR count). The van der Waals surface area contributed by atoms with Crippen LogP contribution in [0.1, 0.15) is 21.5 Å². The van der Waals surface area contributed by atoms with Gasteiger partial charge in [-0.15, -0.1) is 0 Å². The molecule has 0 fully saturated rings. The lowest BCUT2D eigenvalue weighted by atomic mass is 10.1. The highest BCUT2D eigenvalue weighted by Crippen LogP contribution is 2.23. The van der Waals surface area contributed by atoms with Crippen molar-refractivity contribution in [2.75, 3.05) is 0 Å². The highest BCUT2D eigenvalue weighted by atomic mass is 35.5. The first-order valence-corrected chi connectivity index (χ1v) is 3.86. The Bertz CT molecular complexity index is 334. The summed E-state index contributed by atoms with van der Waals surface area (Å²) in [5.74, 6) is -0.399. The van der Waals surface area contributed by atoms with E-state index in [1.807, 2.05) is 0 Å². The number of rotatable bonds is 1. The predicted octanol–water partition coefficient (Wildman–Crippen LogP) is 2.91. The summed E-state index contributed by atoms with van der Waals surface area (Å²) >= 11 is 5.67. The molecule has 0 saturated carbocycles. The average Bonchev–Trinajstić information content (AvgIpc) is 2.08. The molecule has 0 heterocycles. The van der Waals surface area contributed by atoms with E-state index in [1.165, 1.54) is 6.07 Å². The summed E-state index contributed by atoms with van der Waals surface area (Å²) in [5, 5.41) is 0.292. The summed E-state index contributed by atoms with van der Waals surface area (Å²) in [4.78, 5) is 10.4. The molecule has 0 aliphatic heterocycles. The molecular formula is C9H8ClFO. The Morgan fingerprint density at radius 2 is 2.00 bits per heavy atom. The van der Waals surface area contributed by atoms with E-state index in [2.05, 4.69) is 0 Å². The van der Waals surface area contributed by atoms with Gasteiger partial charge < -0.3 is 0 Å². The maximum Gasteiger partial charge on any atom is 0.150 e. The third kappa shape index (κ3) is 1.34. The van der Waals surface area contributed by atoms with Gasteiger partial charge in [-0.05, 0) is 25.5 Å². The Kier molecular flexibility index (Phi) is 2.48. The van der Waals surface area contributed by atoms with Crippen LogP contribution in [0.2, 0.25) is 5.02 Å². The highest BCUT2D eigenvalue weighted by Gasteiger charge is 2.09. The Labute approximate surface area is 75.2 Å². The van der Waals surface area contributed by atoms with Gasteiger partial charge in [0.05, 0.1) is 0 Å². The van der Waals surface area contributed by atoms with Gasteiger partial charge in [0.15, 0.2) is 0 Å². The monoisotopic (exact) mass is 186 g/mol. The van der Waals surface area contributed by atoms with Crippen molar-refractivity contribution in [2.24, 2.45) is 0 Å². The van der Waals surface area contributed by atoms with E-state index in [4.69, 9.17) is 11.6 Å². The van der Waals surface area contributed by atoms with E-state index in [9.17, 15) is 9.18 Å². The second-order valence-corrected chi connectivity index (χ2v) is 3.04. The van der Waals surface area contributed by atoms with Crippen LogP contribution < -0.4 is 0 Å². The topological polar surface area (TPSA) is 17.1 Å². The van der Waals surface area contributed by atoms with Crippen LogP contribution in [0.5, 0.6) is 0 Å². The fraction of sp³-hybridized carbons (Fsp3) is 0.222. The van der Waals surface area contributed by atoms with Crippen molar-refractivity contribution in [3.05, 3.63) is 33.6 Å². The number of hydrogen-bond donors (Lipinski definition) is 0. The molecule has 0 unspecified atom stereocenters. The molecule has 1 aromatic carbocycles. The molecule has 0 amide bonds. The molecule has 0 saturated heterocycles. The van der Waals surface area contributed by atoms with Gasteiger partial charge >= 0.3 is 0 Å². The van der Waals surface area contributed by atoms with E-state index in [1.54, 1.807) is 13.8 Å². The lowest BCUT2D eigenvalue weighted by Crippen LogP contribution is -1.95. The van der Waals surface area contributed by atoms with Crippen molar-refractivity contribution in [2.45, 2.75) is 13.8 Å².